The molecular formula is C11H15FN2O2. The van der Waals surface area contributed by atoms with Gasteiger partial charge in [-0.1, -0.05) is 13.8 Å². The quantitative estimate of drug-likeness (QED) is 0.778. The fourth-order valence-electron chi connectivity index (χ4n) is 1.02. The number of nitrogens with one attached hydrogen (secondary N) is 1. The Kier molecular flexibility index (Phi) is 4.10. The molecule has 0 aliphatic rings. The lowest BCUT2D eigenvalue weighted by molar-refractivity contribution is 0.147. The largest absolute Gasteiger partial charge is 0.449 e. The first-order chi connectivity index (χ1) is 7.49. The van der Waals surface area contributed by atoms with Crippen LogP contribution < -0.4 is 11.1 Å². The van der Waals surface area contributed by atoms with Crippen molar-refractivity contribution in [1.29, 1.82) is 0 Å². The summed E-state index contributed by atoms with van der Waals surface area (Å²) in [5.74, 6) is -0.245. The van der Waals surface area contributed by atoms with Gasteiger partial charge in [0.15, 0.2) is 0 Å². The SMILES string of the molecule is CC(C)COC(=O)Nc1ccc(F)c(N)c1. The summed E-state index contributed by atoms with van der Waals surface area (Å²) < 4.78 is 17.7. The van der Waals surface area contributed by atoms with Crippen LogP contribution >= 0.6 is 0 Å². The van der Waals surface area contributed by atoms with Crippen molar-refractivity contribution in [2.24, 2.45) is 5.92 Å². The first-order valence-corrected chi connectivity index (χ1v) is 4.98. The summed E-state index contributed by atoms with van der Waals surface area (Å²) in [5.41, 5.74) is 5.75. The minimum atomic E-state index is -0.570. The summed E-state index contributed by atoms with van der Waals surface area (Å²) in [6.45, 7) is 4.20. The zero-order valence-electron chi connectivity index (χ0n) is 9.29. The van der Waals surface area contributed by atoms with E-state index in [-0.39, 0.29) is 11.6 Å². The van der Waals surface area contributed by atoms with Crippen LogP contribution in [0.5, 0.6) is 0 Å². The van der Waals surface area contributed by atoms with Gasteiger partial charge in [-0.2, -0.15) is 0 Å². The van der Waals surface area contributed by atoms with Gasteiger partial charge in [0.1, 0.15) is 5.82 Å². The second kappa shape index (κ2) is 5.34. The van der Waals surface area contributed by atoms with Crippen molar-refractivity contribution in [2.45, 2.75) is 13.8 Å². The van der Waals surface area contributed by atoms with Gasteiger partial charge in [0.05, 0.1) is 12.3 Å². The number of hydrogen-bond donors (Lipinski definition) is 2. The number of benzene rings is 1. The second-order valence-corrected chi connectivity index (χ2v) is 3.85. The first-order valence-electron chi connectivity index (χ1n) is 4.98. The van der Waals surface area contributed by atoms with Crippen LogP contribution in [-0.2, 0) is 4.74 Å². The van der Waals surface area contributed by atoms with Crippen molar-refractivity contribution in [3.63, 3.8) is 0 Å². The molecule has 0 spiro atoms. The van der Waals surface area contributed by atoms with Gasteiger partial charge < -0.3 is 10.5 Å². The highest BCUT2D eigenvalue weighted by Crippen LogP contribution is 2.16. The number of ether oxygens (including phenoxy) is 1. The van der Waals surface area contributed by atoms with Crippen LogP contribution in [0.25, 0.3) is 0 Å². The van der Waals surface area contributed by atoms with Gasteiger partial charge in [-0.15, -0.1) is 0 Å². The zero-order chi connectivity index (χ0) is 12.1. The minimum absolute atomic E-state index is 0.0124. The normalized spacial score (nSPS) is 10.2. The first kappa shape index (κ1) is 12.3. The summed E-state index contributed by atoms with van der Waals surface area (Å²) >= 11 is 0. The standard InChI is InChI=1S/C11H15FN2O2/c1-7(2)6-16-11(15)14-8-3-4-9(12)10(13)5-8/h3-5,7H,6,13H2,1-2H3,(H,14,15). The third-order valence-corrected chi connectivity index (χ3v) is 1.79. The van der Waals surface area contributed by atoms with Gasteiger partial charge in [0.2, 0.25) is 0 Å². The molecule has 0 atom stereocenters. The molecule has 1 amide bonds. The Bertz CT molecular complexity index is 380. The molecule has 0 aromatic heterocycles. The average Bonchev–Trinajstić information content (AvgIpc) is 2.21. The minimum Gasteiger partial charge on any atom is -0.449 e. The van der Waals surface area contributed by atoms with Gasteiger partial charge >= 0.3 is 6.09 Å². The zero-order valence-corrected chi connectivity index (χ0v) is 9.29. The number of carbonyl (C=O) groups is 1. The Hall–Kier alpha value is -1.78. The summed E-state index contributed by atoms with van der Waals surface area (Å²) in [6, 6.07) is 3.95. The number of hydrogen-bond acceptors (Lipinski definition) is 3. The van der Waals surface area contributed by atoms with Crippen LogP contribution in [-0.4, -0.2) is 12.7 Å². The molecule has 4 nitrogen and oxygen atoms in total. The van der Waals surface area contributed by atoms with E-state index in [0.29, 0.717) is 12.3 Å². The third kappa shape index (κ3) is 3.76. The number of halogens is 1. The predicted octanol–water partition coefficient (Wildman–Crippen LogP) is 2.61. The van der Waals surface area contributed by atoms with Crippen LogP contribution in [0, 0.1) is 11.7 Å². The van der Waals surface area contributed by atoms with Crippen molar-refractivity contribution < 1.29 is 13.9 Å². The Morgan fingerprint density at radius 3 is 2.81 bits per heavy atom. The molecule has 5 heteroatoms. The monoisotopic (exact) mass is 226 g/mol. The number of nitrogens with two attached hydrogens (primary N) is 1. The molecule has 0 aliphatic heterocycles. The van der Waals surface area contributed by atoms with E-state index in [0.717, 1.165) is 0 Å². The van der Waals surface area contributed by atoms with Crippen molar-refractivity contribution in [3.05, 3.63) is 24.0 Å². The molecule has 0 radical (unpaired) electrons. The molecule has 16 heavy (non-hydrogen) atoms. The lowest BCUT2D eigenvalue weighted by atomic mass is 10.2. The van der Waals surface area contributed by atoms with E-state index in [1.165, 1.54) is 18.2 Å². The second-order valence-electron chi connectivity index (χ2n) is 3.85. The lowest BCUT2D eigenvalue weighted by Gasteiger charge is -2.09. The average molecular weight is 226 g/mol. The lowest BCUT2D eigenvalue weighted by Crippen LogP contribution is -2.16. The van der Waals surface area contributed by atoms with E-state index in [1.807, 2.05) is 13.8 Å². The van der Waals surface area contributed by atoms with Crippen LogP contribution in [0.4, 0.5) is 20.6 Å². The van der Waals surface area contributed by atoms with E-state index in [1.54, 1.807) is 0 Å². The molecule has 0 heterocycles. The molecule has 1 aromatic rings. The van der Waals surface area contributed by atoms with Crippen LogP contribution in [0.2, 0.25) is 0 Å². The number of nitrogen functional groups attached to an aromatic ring is 1. The van der Waals surface area contributed by atoms with Crippen molar-refractivity contribution in [3.8, 4) is 0 Å². The van der Waals surface area contributed by atoms with Crippen LogP contribution in [0.3, 0.4) is 0 Å². The molecule has 0 fully saturated rings. The summed E-state index contributed by atoms with van der Waals surface area (Å²) in [7, 11) is 0. The smallest absolute Gasteiger partial charge is 0.411 e. The van der Waals surface area contributed by atoms with E-state index in [2.05, 4.69) is 5.32 Å². The number of carbonyl (C=O) groups excluding carboxylic acids is 1. The molecule has 1 rings (SSSR count). The molecular weight excluding hydrogens is 211 g/mol. The van der Waals surface area contributed by atoms with Gasteiger partial charge in [-0.3, -0.25) is 5.32 Å². The van der Waals surface area contributed by atoms with Crippen molar-refractivity contribution in [1.82, 2.24) is 0 Å². The third-order valence-electron chi connectivity index (χ3n) is 1.79. The van der Waals surface area contributed by atoms with Gasteiger partial charge in [0, 0.05) is 5.69 Å². The molecule has 0 saturated heterocycles. The molecule has 1 aromatic carbocycles. The predicted molar refractivity (Wildman–Crippen MR) is 60.6 cm³/mol. The van der Waals surface area contributed by atoms with E-state index in [9.17, 15) is 9.18 Å². The van der Waals surface area contributed by atoms with Crippen LogP contribution in [0.15, 0.2) is 18.2 Å². The fraction of sp³-hybridized carbons (Fsp3) is 0.364. The summed E-state index contributed by atoms with van der Waals surface area (Å²) in [4.78, 5) is 11.2. The number of amides is 1. The highest BCUT2D eigenvalue weighted by atomic mass is 19.1. The Morgan fingerprint density at radius 1 is 1.56 bits per heavy atom. The maximum atomic E-state index is 12.8. The van der Waals surface area contributed by atoms with Crippen molar-refractivity contribution in [2.75, 3.05) is 17.7 Å². The fourth-order valence-corrected chi connectivity index (χ4v) is 1.02. The molecule has 0 bridgehead atoms. The summed E-state index contributed by atoms with van der Waals surface area (Å²) in [6.07, 6.45) is -0.570. The Balaban J connectivity index is 2.53. The molecule has 0 saturated carbocycles. The number of rotatable bonds is 3. The maximum absolute atomic E-state index is 12.8. The highest BCUT2D eigenvalue weighted by Gasteiger charge is 2.06. The maximum Gasteiger partial charge on any atom is 0.411 e. The molecule has 0 aliphatic carbocycles. The Labute approximate surface area is 93.6 Å². The summed E-state index contributed by atoms with van der Waals surface area (Å²) in [5, 5.41) is 2.46. The number of anilines is 2. The van der Waals surface area contributed by atoms with Gasteiger partial charge in [-0.25, -0.2) is 9.18 Å². The van der Waals surface area contributed by atoms with Crippen LogP contribution in [0.1, 0.15) is 13.8 Å². The van der Waals surface area contributed by atoms with Gasteiger partial charge in [0.25, 0.3) is 0 Å². The molecule has 3 N–H and O–H groups in total. The van der Waals surface area contributed by atoms with Crippen molar-refractivity contribution >= 4 is 17.5 Å². The van der Waals surface area contributed by atoms with E-state index < -0.39 is 11.9 Å². The van der Waals surface area contributed by atoms with E-state index in [4.69, 9.17) is 10.5 Å². The Morgan fingerprint density at radius 2 is 2.25 bits per heavy atom. The van der Waals surface area contributed by atoms with Gasteiger partial charge in [-0.05, 0) is 24.1 Å². The topological polar surface area (TPSA) is 64.3 Å². The molecule has 0 unspecified atom stereocenters. The van der Waals surface area contributed by atoms with E-state index >= 15 is 0 Å². The molecule has 88 valence electrons. The highest BCUT2D eigenvalue weighted by molar-refractivity contribution is 5.85.